The van der Waals surface area contributed by atoms with Gasteiger partial charge in [-0.05, 0) is 61.1 Å². The summed E-state index contributed by atoms with van der Waals surface area (Å²) < 4.78 is 1.40. The third-order valence-corrected chi connectivity index (χ3v) is 10.3. The molecule has 1 aliphatic heterocycles. The van der Waals surface area contributed by atoms with Crippen molar-refractivity contribution in [3.05, 3.63) is 102 Å². The Bertz CT molecular complexity index is 1180. The van der Waals surface area contributed by atoms with Crippen LogP contribution in [0.5, 0.6) is 0 Å². The first-order valence-corrected chi connectivity index (χ1v) is 22.2. The van der Waals surface area contributed by atoms with E-state index >= 15 is 0 Å². The van der Waals surface area contributed by atoms with Crippen LogP contribution < -0.4 is 0 Å². The van der Waals surface area contributed by atoms with Crippen molar-refractivity contribution in [1.29, 1.82) is 0 Å². The molecule has 0 spiro atoms. The molecule has 3 rings (SSSR count). The zero-order chi connectivity index (χ0) is 38.1. The van der Waals surface area contributed by atoms with E-state index in [2.05, 4.69) is 103 Å². The molecule has 0 amide bonds. The van der Waals surface area contributed by atoms with Crippen LogP contribution in [0.2, 0.25) is 0 Å². The standard InChI is InChI=1S/C24H28N2.2C13H27.Ni/c1-4-7-12-22-17-23(20-13-8-10-18(5-2)15-20)26(25)24(22)21-14-9-11-19(6-3)16-21;2*1-3-5-7-9-11-13-12-10-8-6-4-2;/h8-11,13-17H,4-7,12H2,1-3H3;2*1,3-13H2,2H3;/q;2*-1;+2. The third kappa shape index (κ3) is 23.5. The molecule has 53 heavy (non-hydrogen) atoms. The minimum absolute atomic E-state index is 0. The minimum atomic E-state index is 0. The van der Waals surface area contributed by atoms with Crippen LogP contribution in [0.15, 0.2) is 60.2 Å². The van der Waals surface area contributed by atoms with Gasteiger partial charge in [0.1, 0.15) is 0 Å². The average molecular weight is 770 g/mol. The Labute approximate surface area is 340 Å². The first-order chi connectivity index (χ1) is 25.5. The van der Waals surface area contributed by atoms with Crippen molar-refractivity contribution in [3.8, 4) is 0 Å². The maximum atomic E-state index is 11.1. The van der Waals surface area contributed by atoms with Gasteiger partial charge in [-0.15, -0.1) is 0 Å². The average Bonchev–Trinajstić information content (AvgIpc) is 3.51. The van der Waals surface area contributed by atoms with Crippen LogP contribution in [0.1, 0.15) is 217 Å². The fourth-order valence-corrected chi connectivity index (χ4v) is 6.84. The maximum Gasteiger partial charge on any atom is 2.00 e. The third-order valence-electron chi connectivity index (χ3n) is 10.3. The van der Waals surface area contributed by atoms with E-state index < -0.39 is 0 Å². The normalized spacial score (nSPS) is 12.1. The van der Waals surface area contributed by atoms with Crippen molar-refractivity contribution in [2.24, 2.45) is 0 Å². The summed E-state index contributed by atoms with van der Waals surface area (Å²) in [5.74, 6) is 0. The SMILES string of the molecule is CCCCC1=C(c2cccc(CC)c2)[N+](=[N-])C(c2cccc(CC)c2)=C1.[CH2-]CCCCCCCCCCCC.[CH2-]CCCCCCCCCCCC.[Ni+2]. The van der Waals surface area contributed by atoms with Crippen LogP contribution in [0, 0.1) is 13.8 Å². The number of benzene rings is 2. The number of rotatable bonds is 27. The second kappa shape index (κ2) is 35.7. The zero-order valence-corrected chi connectivity index (χ0v) is 36.4. The molecule has 0 bridgehead atoms. The molecule has 2 aromatic carbocycles. The Kier molecular flexibility index (Phi) is 34.4. The Morgan fingerprint density at radius 2 is 0.868 bits per heavy atom. The molecule has 0 radical (unpaired) electrons. The second-order valence-electron chi connectivity index (χ2n) is 15.0. The van der Waals surface area contributed by atoms with Crippen LogP contribution in [0.4, 0.5) is 0 Å². The van der Waals surface area contributed by atoms with Crippen molar-refractivity contribution >= 4 is 11.4 Å². The summed E-state index contributed by atoms with van der Waals surface area (Å²) in [7, 11) is 0. The van der Waals surface area contributed by atoms with Crippen LogP contribution in [0.25, 0.3) is 16.9 Å². The van der Waals surface area contributed by atoms with Gasteiger partial charge in [0.15, 0.2) is 0 Å². The number of hydrogen-bond donors (Lipinski definition) is 0. The van der Waals surface area contributed by atoms with Crippen LogP contribution in [-0.4, -0.2) is 4.70 Å². The van der Waals surface area contributed by atoms with Gasteiger partial charge < -0.3 is 19.4 Å². The summed E-state index contributed by atoms with van der Waals surface area (Å²) in [6, 6.07) is 17.0. The maximum absolute atomic E-state index is 11.1. The van der Waals surface area contributed by atoms with E-state index in [1.54, 1.807) is 0 Å². The zero-order valence-electron chi connectivity index (χ0n) is 35.4. The number of hydrogen-bond acceptors (Lipinski definition) is 0. The van der Waals surface area contributed by atoms with Gasteiger partial charge in [0.2, 0.25) is 11.4 Å². The Balaban J connectivity index is 0.000000851. The molecule has 302 valence electrons. The van der Waals surface area contributed by atoms with E-state index in [1.165, 1.54) is 150 Å². The molecule has 0 aromatic heterocycles. The molecule has 0 aliphatic carbocycles. The molecule has 2 aromatic rings. The molecule has 0 saturated carbocycles. The van der Waals surface area contributed by atoms with Gasteiger partial charge in [-0.25, -0.2) is 4.70 Å². The van der Waals surface area contributed by atoms with E-state index in [0.717, 1.165) is 67.5 Å². The molecular formula is C50H82N2Ni. The van der Waals surface area contributed by atoms with Gasteiger partial charge in [-0.2, -0.15) is 12.8 Å². The van der Waals surface area contributed by atoms with E-state index in [-0.39, 0.29) is 16.5 Å². The molecule has 3 heteroatoms. The molecule has 0 saturated heterocycles. The summed E-state index contributed by atoms with van der Waals surface area (Å²) in [5.41, 5.74) is 18.8. The topological polar surface area (TPSA) is 25.3 Å². The summed E-state index contributed by atoms with van der Waals surface area (Å²) in [5, 5.41) is 0. The predicted molar refractivity (Wildman–Crippen MR) is 233 cm³/mol. The molecule has 1 heterocycles. The van der Waals surface area contributed by atoms with Crippen molar-refractivity contribution in [1.82, 2.24) is 0 Å². The number of nitrogens with zero attached hydrogens (tertiary/aromatic N) is 2. The van der Waals surface area contributed by atoms with Crippen molar-refractivity contribution in [3.63, 3.8) is 0 Å². The van der Waals surface area contributed by atoms with Crippen LogP contribution in [0.3, 0.4) is 0 Å². The van der Waals surface area contributed by atoms with Gasteiger partial charge in [0, 0.05) is 22.8 Å². The Morgan fingerprint density at radius 1 is 0.491 bits per heavy atom. The van der Waals surface area contributed by atoms with Gasteiger partial charge in [-0.3, -0.25) is 0 Å². The molecule has 0 atom stereocenters. The molecule has 0 N–H and O–H groups in total. The van der Waals surface area contributed by atoms with Crippen LogP contribution >= 0.6 is 0 Å². The number of aryl methyl sites for hydroxylation is 2. The molecule has 1 aliphatic rings. The first kappa shape index (κ1) is 51.0. The van der Waals surface area contributed by atoms with Crippen LogP contribution in [-0.2, 0) is 29.3 Å². The predicted octanol–water partition coefficient (Wildman–Crippen LogP) is 17.1. The fraction of sp³-hybridized carbons (Fsp3) is 0.640. The number of unbranched alkanes of at least 4 members (excludes halogenated alkanes) is 21. The van der Waals surface area contributed by atoms with E-state index in [1.807, 2.05) is 0 Å². The van der Waals surface area contributed by atoms with Crippen molar-refractivity contribution < 1.29 is 21.2 Å². The Hall–Kier alpha value is -1.99. The van der Waals surface area contributed by atoms with E-state index in [4.69, 9.17) is 0 Å². The summed E-state index contributed by atoms with van der Waals surface area (Å²) in [6.07, 6.45) is 38.1. The van der Waals surface area contributed by atoms with Gasteiger partial charge in [-0.1, -0.05) is 194 Å². The fourth-order valence-electron chi connectivity index (χ4n) is 6.84. The molecular weight excluding hydrogens is 687 g/mol. The summed E-state index contributed by atoms with van der Waals surface area (Å²) in [4.78, 5) is 0. The number of allylic oxidation sites excluding steroid dienone is 2. The second-order valence-corrected chi connectivity index (χ2v) is 15.0. The first-order valence-electron chi connectivity index (χ1n) is 22.2. The Morgan fingerprint density at radius 3 is 1.26 bits per heavy atom. The van der Waals surface area contributed by atoms with Gasteiger partial charge in [0.25, 0.3) is 0 Å². The quantitative estimate of drug-likeness (QED) is 0.0374. The monoisotopic (exact) mass is 769 g/mol. The van der Waals surface area contributed by atoms with Crippen molar-refractivity contribution in [2.45, 2.75) is 208 Å². The van der Waals surface area contributed by atoms with Crippen molar-refractivity contribution in [2.75, 3.05) is 0 Å². The minimum Gasteiger partial charge on any atom is -0.493 e. The molecule has 0 unspecified atom stereocenters. The van der Waals surface area contributed by atoms with E-state index in [9.17, 15) is 5.53 Å². The summed E-state index contributed by atoms with van der Waals surface area (Å²) >= 11 is 0. The smallest absolute Gasteiger partial charge is 0.493 e. The van der Waals surface area contributed by atoms with Gasteiger partial charge in [0.05, 0.1) is 0 Å². The molecule has 0 fully saturated rings. The summed E-state index contributed by atoms with van der Waals surface area (Å²) in [6.45, 7) is 18.8. The van der Waals surface area contributed by atoms with E-state index in [0.29, 0.717) is 0 Å². The largest absolute Gasteiger partial charge is 2.00 e. The molecule has 2 nitrogen and oxygen atoms in total. The van der Waals surface area contributed by atoms with Gasteiger partial charge >= 0.3 is 16.5 Å².